The molecule has 3 rings (SSSR count). The first-order valence-corrected chi connectivity index (χ1v) is 14.1. The van der Waals surface area contributed by atoms with E-state index in [1.807, 2.05) is 0 Å². The number of aliphatic hydroxyl groups is 1. The fourth-order valence-corrected chi connectivity index (χ4v) is 5.53. The quantitative estimate of drug-likeness (QED) is 0.109. The third kappa shape index (κ3) is 7.25. The SMILES string of the molecule is CC(C)OC(=O)[C@H](C)NP(=O)(OC[C@H]1O[C@@H](n2ccc(N)nc2=O)[C@](C)(N=[N+]=[N-])[C@@H]1O)Oc1ccc(Cl)c(Cl)c1. The summed E-state index contributed by atoms with van der Waals surface area (Å²) >= 11 is 12.0. The van der Waals surface area contributed by atoms with E-state index in [0.717, 1.165) is 4.57 Å². The van der Waals surface area contributed by atoms with Crippen molar-refractivity contribution in [1.82, 2.24) is 14.6 Å². The van der Waals surface area contributed by atoms with E-state index in [4.69, 9.17) is 53.0 Å². The monoisotopic (exact) mass is 619 g/mol. The van der Waals surface area contributed by atoms with Gasteiger partial charge in [0, 0.05) is 17.2 Å². The predicted molar refractivity (Wildman–Crippen MR) is 145 cm³/mol. The number of ether oxygens (including phenoxy) is 2. The Morgan fingerprint density at radius 1 is 1.38 bits per heavy atom. The van der Waals surface area contributed by atoms with Crippen molar-refractivity contribution in [2.45, 2.75) is 63.8 Å². The van der Waals surface area contributed by atoms with Gasteiger partial charge in [0.15, 0.2) is 6.23 Å². The molecule has 0 radical (unpaired) electrons. The molecule has 18 heteroatoms. The van der Waals surface area contributed by atoms with Gasteiger partial charge in [-0.25, -0.2) is 9.36 Å². The minimum Gasteiger partial charge on any atom is -0.462 e. The van der Waals surface area contributed by atoms with Crippen molar-refractivity contribution in [2.24, 2.45) is 5.11 Å². The van der Waals surface area contributed by atoms with Crippen LogP contribution in [0.5, 0.6) is 5.75 Å². The van der Waals surface area contributed by atoms with Crippen LogP contribution in [0.2, 0.25) is 10.0 Å². The van der Waals surface area contributed by atoms with Crippen molar-refractivity contribution >= 4 is 42.7 Å². The molecule has 1 aliphatic rings. The number of hydrogen-bond donors (Lipinski definition) is 3. The topological polar surface area (TPSA) is 213 Å². The van der Waals surface area contributed by atoms with E-state index < -0.39 is 62.1 Å². The standard InChI is InChI=1S/C22H28Cl2N7O8P/c1-11(2)37-19(33)12(3)28-40(35,39-13-5-6-14(23)15(24)9-13)36-10-16-18(32)22(4,29-30-26)20(38-16)31-8-7-17(25)27-21(31)34/h5-9,11-12,16,18,20,32H,10H2,1-4H3,(H,28,35)(H2,25,27,34)/t12-,16+,18+,20+,22+,40?/m0/s1. The van der Waals surface area contributed by atoms with Crippen LogP contribution >= 0.6 is 30.9 Å². The molecule has 1 aromatic carbocycles. The van der Waals surface area contributed by atoms with Crippen molar-refractivity contribution in [1.29, 1.82) is 0 Å². The number of nitrogen functional groups attached to an aromatic ring is 1. The molecule has 1 unspecified atom stereocenters. The van der Waals surface area contributed by atoms with Gasteiger partial charge in [0.05, 0.1) is 28.9 Å². The molecule has 0 aliphatic carbocycles. The number of aromatic nitrogens is 2. The Bertz CT molecular complexity index is 1410. The lowest BCUT2D eigenvalue weighted by Gasteiger charge is -2.28. The van der Waals surface area contributed by atoms with E-state index >= 15 is 0 Å². The summed E-state index contributed by atoms with van der Waals surface area (Å²) < 4.78 is 37.0. The average Bonchev–Trinajstić information content (AvgIpc) is 3.10. The summed E-state index contributed by atoms with van der Waals surface area (Å²) in [6.45, 7) is 5.42. The van der Waals surface area contributed by atoms with Crippen molar-refractivity contribution < 1.29 is 33.0 Å². The minimum absolute atomic E-state index is 0.0150. The summed E-state index contributed by atoms with van der Waals surface area (Å²) in [5.41, 5.74) is 12.2. The molecule has 0 amide bonds. The molecule has 40 heavy (non-hydrogen) atoms. The Morgan fingerprint density at radius 2 is 2.08 bits per heavy atom. The van der Waals surface area contributed by atoms with E-state index in [0.29, 0.717) is 0 Å². The third-order valence-corrected chi connectivity index (χ3v) is 8.08. The third-order valence-electron chi connectivity index (χ3n) is 5.70. The Morgan fingerprint density at radius 3 is 2.67 bits per heavy atom. The normalized spacial score (nSPS) is 24.6. The smallest absolute Gasteiger partial charge is 0.459 e. The van der Waals surface area contributed by atoms with E-state index in [9.17, 15) is 19.3 Å². The summed E-state index contributed by atoms with van der Waals surface area (Å²) in [6, 6.07) is 4.22. The molecule has 218 valence electrons. The van der Waals surface area contributed by atoms with E-state index in [-0.39, 0.29) is 21.6 Å². The number of benzene rings is 1. The van der Waals surface area contributed by atoms with Crippen LogP contribution in [-0.2, 0) is 23.4 Å². The summed E-state index contributed by atoms with van der Waals surface area (Å²) in [5, 5.41) is 17.5. The molecule has 1 saturated heterocycles. The second-order valence-electron chi connectivity index (χ2n) is 9.23. The number of anilines is 1. The number of nitrogens with zero attached hydrogens (tertiary/aromatic N) is 5. The first-order chi connectivity index (χ1) is 18.7. The average molecular weight is 620 g/mol. The number of aliphatic hydroxyl groups excluding tert-OH is 1. The Balaban J connectivity index is 1.89. The lowest BCUT2D eigenvalue weighted by molar-refractivity contribution is -0.149. The Hall–Kier alpha value is -2.87. The largest absolute Gasteiger partial charge is 0.462 e. The van der Waals surface area contributed by atoms with Gasteiger partial charge in [0.2, 0.25) is 0 Å². The molecule has 6 atom stereocenters. The zero-order valence-corrected chi connectivity index (χ0v) is 24.2. The van der Waals surface area contributed by atoms with Crippen LogP contribution in [0, 0.1) is 0 Å². The molecular formula is C22H28Cl2N7O8P. The van der Waals surface area contributed by atoms with Crippen molar-refractivity contribution in [3.05, 3.63) is 61.4 Å². The molecule has 1 fully saturated rings. The molecule has 1 aromatic heterocycles. The van der Waals surface area contributed by atoms with Gasteiger partial charge in [-0.15, -0.1) is 0 Å². The van der Waals surface area contributed by atoms with Crippen LogP contribution in [0.3, 0.4) is 0 Å². The van der Waals surface area contributed by atoms with E-state index in [1.165, 1.54) is 44.3 Å². The number of halogens is 2. The van der Waals surface area contributed by atoms with Gasteiger partial charge in [-0.1, -0.05) is 28.3 Å². The number of carbonyl (C=O) groups excluding carboxylic acids is 1. The number of rotatable bonds is 11. The van der Waals surface area contributed by atoms with Gasteiger partial charge in [-0.2, -0.15) is 10.1 Å². The highest BCUT2D eigenvalue weighted by Gasteiger charge is 2.55. The maximum absolute atomic E-state index is 13.8. The first-order valence-electron chi connectivity index (χ1n) is 11.8. The summed E-state index contributed by atoms with van der Waals surface area (Å²) in [7, 11) is -4.42. The first kappa shape index (κ1) is 31.7. The number of carbonyl (C=O) groups is 1. The van der Waals surface area contributed by atoms with E-state index in [2.05, 4.69) is 20.1 Å². The lowest BCUT2D eigenvalue weighted by atomic mass is 9.93. The molecule has 15 nitrogen and oxygen atoms in total. The molecule has 0 bridgehead atoms. The number of esters is 1. The number of hydrogen-bond acceptors (Lipinski definition) is 11. The van der Waals surface area contributed by atoms with Gasteiger partial charge in [-0.05, 0) is 51.4 Å². The molecule has 4 N–H and O–H groups in total. The molecule has 0 spiro atoms. The highest BCUT2D eigenvalue weighted by Crippen LogP contribution is 2.48. The van der Waals surface area contributed by atoms with Crippen LogP contribution in [0.15, 0.2) is 40.4 Å². The zero-order chi connectivity index (χ0) is 29.8. The highest BCUT2D eigenvalue weighted by atomic mass is 35.5. The van der Waals surface area contributed by atoms with Crippen molar-refractivity contribution in [3.63, 3.8) is 0 Å². The molecule has 2 heterocycles. The van der Waals surface area contributed by atoms with Crippen LogP contribution in [0.4, 0.5) is 5.82 Å². The summed E-state index contributed by atoms with van der Waals surface area (Å²) in [5.74, 6) is -0.805. The second-order valence-corrected chi connectivity index (χ2v) is 11.7. The zero-order valence-electron chi connectivity index (χ0n) is 21.8. The van der Waals surface area contributed by atoms with E-state index in [1.54, 1.807) is 13.8 Å². The number of azide groups is 1. The van der Waals surface area contributed by atoms with Crippen LogP contribution < -0.4 is 21.0 Å². The van der Waals surface area contributed by atoms with Crippen molar-refractivity contribution in [3.8, 4) is 5.75 Å². The summed E-state index contributed by atoms with van der Waals surface area (Å²) in [6.07, 6.45) is -3.37. The maximum atomic E-state index is 13.8. The van der Waals surface area contributed by atoms with Crippen LogP contribution in [0.25, 0.3) is 10.4 Å². The molecular weight excluding hydrogens is 592 g/mol. The maximum Gasteiger partial charge on any atom is 0.459 e. The minimum atomic E-state index is -4.42. The fraction of sp³-hybridized carbons (Fsp3) is 0.500. The van der Waals surface area contributed by atoms with Crippen LogP contribution in [0.1, 0.15) is 33.9 Å². The second kappa shape index (κ2) is 12.8. The van der Waals surface area contributed by atoms with Gasteiger partial charge in [0.1, 0.15) is 29.3 Å². The van der Waals surface area contributed by atoms with Gasteiger partial charge >= 0.3 is 19.4 Å². The molecule has 0 saturated carbocycles. The number of nitrogens with two attached hydrogens (primary N) is 1. The predicted octanol–water partition coefficient (Wildman–Crippen LogP) is 3.59. The van der Waals surface area contributed by atoms with Crippen LogP contribution in [-0.4, -0.2) is 57.1 Å². The van der Waals surface area contributed by atoms with Crippen molar-refractivity contribution in [2.75, 3.05) is 12.3 Å². The highest BCUT2D eigenvalue weighted by molar-refractivity contribution is 7.52. The summed E-state index contributed by atoms with van der Waals surface area (Å²) in [4.78, 5) is 31.3. The number of nitrogens with one attached hydrogen (secondary N) is 1. The van der Waals surface area contributed by atoms with Gasteiger partial charge < -0.3 is 24.8 Å². The lowest BCUT2D eigenvalue weighted by Crippen LogP contribution is -2.45. The molecule has 2 aromatic rings. The Kier molecular flexibility index (Phi) is 10.1. The fourth-order valence-electron chi connectivity index (χ4n) is 3.75. The molecule has 1 aliphatic heterocycles. The van der Waals surface area contributed by atoms with Gasteiger partial charge in [0.25, 0.3) is 0 Å². The Labute approximate surface area is 238 Å². The van der Waals surface area contributed by atoms with Gasteiger partial charge in [-0.3, -0.25) is 13.9 Å².